The fourth-order valence-electron chi connectivity index (χ4n) is 2.15. The molecule has 0 fully saturated rings. The zero-order chi connectivity index (χ0) is 14.3. The van der Waals surface area contributed by atoms with E-state index in [0.717, 1.165) is 0 Å². The van der Waals surface area contributed by atoms with Crippen molar-refractivity contribution in [1.29, 1.82) is 0 Å². The van der Waals surface area contributed by atoms with Gasteiger partial charge in [0.25, 0.3) is 0 Å². The molecule has 0 aliphatic rings. The lowest BCUT2D eigenvalue weighted by atomic mass is 9.76. The molecule has 0 amide bonds. The third kappa shape index (κ3) is 3.93. The van der Waals surface area contributed by atoms with Gasteiger partial charge in [0, 0.05) is 6.10 Å². The van der Waals surface area contributed by atoms with Crippen molar-refractivity contribution < 1.29 is 4.43 Å². The van der Waals surface area contributed by atoms with E-state index in [4.69, 9.17) is 4.43 Å². The molecule has 0 heterocycles. The van der Waals surface area contributed by atoms with Crippen molar-refractivity contribution in [2.75, 3.05) is 0 Å². The molecule has 0 aromatic heterocycles. The first-order valence-electron chi connectivity index (χ1n) is 6.81. The zero-order valence-electron chi connectivity index (χ0n) is 14.0. The molecule has 17 heavy (non-hydrogen) atoms. The van der Waals surface area contributed by atoms with E-state index in [-0.39, 0.29) is 5.41 Å². The van der Waals surface area contributed by atoms with Gasteiger partial charge in [-0.25, -0.2) is 0 Å². The molecular weight excluding hydrogens is 240 g/mol. The van der Waals surface area contributed by atoms with Gasteiger partial charge in [-0.05, 0) is 37.0 Å². The van der Waals surface area contributed by atoms with Crippen LogP contribution in [-0.2, 0) is 4.43 Å². The maximum absolute atomic E-state index is 6.35. The maximum atomic E-state index is 6.35. The van der Waals surface area contributed by atoms with Crippen LogP contribution in [0.5, 0.6) is 0 Å². The van der Waals surface area contributed by atoms with Crippen molar-refractivity contribution in [3.63, 3.8) is 0 Å². The van der Waals surface area contributed by atoms with E-state index in [1.54, 1.807) is 0 Å². The van der Waals surface area contributed by atoms with Crippen LogP contribution in [0.3, 0.4) is 0 Å². The molecule has 104 valence electrons. The minimum atomic E-state index is -1.45. The van der Waals surface area contributed by atoms with Crippen molar-refractivity contribution in [2.45, 2.75) is 85.0 Å². The molecule has 0 spiro atoms. The lowest BCUT2D eigenvalue weighted by molar-refractivity contribution is 0.0494. The van der Waals surface area contributed by atoms with Gasteiger partial charge in [0.05, 0.1) is 8.07 Å². The molecule has 0 radical (unpaired) electrons. The Morgan fingerprint density at radius 1 is 0.824 bits per heavy atom. The van der Waals surface area contributed by atoms with E-state index >= 15 is 0 Å². The fourth-order valence-corrected chi connectivity index (χ4v) is 5.64. The first-order chi connectivity index (χ1) is 7.13. The highest BCUT2D eigenvalue weighted by Crippen LogP contribution is 2.54. The van der Waals surface area contributed by atoms with Gasteiger partial charge in [-0.1, -0.05) is 47.3 Å². The van der Waals surface area contributed by atoms with E-state index in [0.29, 0.717) is 11.1 Å². The smallest absolute Gasteiger partial charge is 0.184 e. The second-order valence-electron chi connectivity index (χ2n) is 8.47. The monoisotopic (exact) mass is 274 g/mol. The largest absolute Gasteiger partial charge is 0.414 e. The molecule has 3 heteroatoms. The third-order valence-electron chi connectivity index (χ3n) is 5.03. The Labute approximate surface area is 111 Å². The summed E-state index contributed by atoms with van der Waals surface area (Å²) >= 11 is 0. The van der Waals surface area contributed by atoms with E-state index in [9.17, 15) is 0 Å². The van der Waals surface area contributed by atoms with Gasteiger partial charge in [0.15, 0.2) is 8.32 Å². The molecule has 0 aromatic rings. The summed E-state index contributed by atoms with van der Waals surface area (Å²) in [4.78, 5) is 0. The van der Waals surface area contributed by atoms with Gasteiger partial charge in [0.2, 0.25) is 0 Å². The summed E-state index contributed by atoms with van der Waals surface area (Å²) in [5.41, 5.74) is 0.220. The maximum Gasteiger partial charge on any atom is 0.184 e. The van der Waals surface area contributed by atoms with Crippen LogP contribution in [0, 0.1) is 5.41 Å². The highest BCUT2D eigenvalue weighted by Gasteiger charge is 2.50. The molecule has 0 saturated heterocycles. The second kappa shape index (κ2) is 4.82. The van der Waals surface area contributed by atoms with Gasteiger partial charge in [0.1, 0.15) is 0 Å². The summed E-state index contributed by atoms with van der Waals surface area (Å²) in [6, 6.07) is 0. The van der Waals surface area contributed by atoms with Gasteiger partial charge < -0.3 is 4.43 Å². The molecular formula is C14H34OSi2. The van der Waals surface area contributed by atoms with Crippen LogP contribution in [0.1, 0.15) is 34.6 Å². The van der Waals surface area contributed by atoms with E-state index in [1.807, 2.05) is 0 Å². The van der Waals surface area contributed by atoms with Gasteiger partial charge in [-0.3, -0.25) is 0 Å². The van der Waals surface area contributed by atoms with Gasteiger partial charge in [-0.15, -0.1) is 0 Å². The number of hydrogen-bond acceptors (Lipinski definition) is 1. The summed E-state index contributed by atoms with van der Waals surface area (Å²) < 4.78 is 6.35. The highest BCUT2D eigenvalue weighted by molar-refractivity contribution is 6.79. The van der Waals surface area contributed by atoms with Crippen LogP contribution in [0.25, 0.3) is 0 Å². The molecule has 1 atom stereocenters. The van der Waals surface area contributed by atoms with Crippen molar-refractivity contribution in [3.05, 3.63) is 0 Å². The van der Waals surface area contributed by atoms with Gasteiger partial charge in [-0.2, -0.15) is 0 Å². The summed E-state index contributed by atoms with van der Waals surface area (Å²) in [6.07, 6.45) is 0.330. The topological polar surface area (TPSA) is 9.23 Å². The Kier molecular flexibility index (Phi) is 4.93. The molecule has 0 aliphatic heterocycles. The summed E-state index contributed by atoms with van der Waals surface area (Å²) in [6.45, 7) is 26.1. The van der Waals surface area contributed by atoms with Crippen LogP contribution in [0.2, 0.25) is 44.3 Å². The molecule has 0 aromatic carbocycles. The van der Waals surface area contributed by atoms with Crippen molar-refractivity contribution in [3.8, 4) is 0 Å². The van der Waals surface area contributed by atoms with Crippen LogP contribution in [0.4, 0.5) is 0 Å². The average Bonchev–Trinajstić information content (AvgIpc) is 1.97. The molecule has 1 unspecified atom stereocenters. The number of rotatable bonds is 5. The summed E-state index contributed by atoms with van der Waals surface area (Å²) in [7, 11) is -2.68. The van der Waals surface area contributed by atoms with Crippen LogP contribution in [0.15, 0.2) is 0 Å². The standard InChI is InChI=1S/C14H34OSi2/c1-12(15-17(9,10)11)13(2,3)14(4,5)16(6,7)8/h12H,1-11H3. The fraction of sp³-hybridized carbons (Fsp3) is 1.00. The molecule has 0 rings (SSSR count). The van der Waals surface area contributed by atoms with Gasteiger partial charge >= 0.3 is 0 Å². The Balaban J connectivity index is 5.14. The second-order valence-corrected chi connectivity index (χ2v) is 18.7. The average molecular weight is 275 g/mol. The third-order valence-corrected chi connectivity index (χ3v) is 10.5. The number of hydrogen-bond donors (Lipinski definition) is 0. The molecule has 0 bridgehead atoms. The zero-order valence-corrected chi connectivity index (χ0v) is 16.0. The van der Waals surface area contributed by atoms with Crippen LogP contribution in [-0.4, -0.2) is 22.5 Å². The van der Waals surface area contributed by atoms with Crippen molar-refractivity contribution >= 4 is 16.4 Å². The Morgan fingerprint density at radius 3 is 1.41 bits per heavy atom. The minimum Gasteiger partial charge on any atom is -0.414 e. The molecule has 0 N–H and O–H groups in total. The SMILES string of the molecule is CC(O[Si](C)(C)C)C(C)(C)C(C)(C)[Si](C)(C)C. The highest BCUT2D eigenvalue weighted by atomic mass is 28.4. The molecule has 0 saturated carbocycles. The lowest BCUT2D eigenvalue weighted by Gasteiger charge is -2.53. The quantitative estimate of drug-likeness (QED) is 0.612. The molecule has 0 aliphatic carbocycles. The first-order valence-corrected chi connectivity index (χ1v) is 13.7. The normalized spacial score (nSPS) is 17.1. The summed E-state index contributed by atoms with van der Waals surface area (Å²) in [5, 5.41) is 0.360. The predicted octanol–water partition coefficient (Wildman–Crippen LogP) is 5.37. The minimum absolute atomic E-state index is 0.220. The van der Waals surface area contributed by atoms with Crippen LogP contribution >= 0.6 is 0 Å². The van der Waals surface area contributed by atoms with Crippen molar-refractivity contribution in [1.82, 2.24) is 0 Å². The van der Waals surface area contributed by atoms with Crippen LogP contribution < -0.4 is 0 Å². The Hall–Kier alpha value is 0.394. The van der Waals surface area contributed by atoms with E-state index in [1.165, 1.54) is 0 Å². The first kappa shape index (κ1) is 17.4. The van der Waals surface area contributed by atoms with E-state index in [2.05, 4.69) is 73.9 Å². The molecule has 1 nitrogen and oxygen atoms in total. The Bertz CT molecular complexity index is 256. The summed E-state index contributed by atoms with van der Waals surface area (Å²) in [5.74, 6) is 0. The van der Waals surface area contributed by atoms with Crippen molar-refractivity contribution in [2.24, 2.45) is 5.41 Å². The van der Waals surface area contributed by atoms with E-state index < -0.39 is 16.4 Å². The lowest BCUT2D eigenvalue weighted by Crippen LogP contribution is -2.52. The Morgan fingerprint density at radius 2 is 1.18 bits per heavy atom. The predicted molar refractivity (Wildman–Crippen MR) is 85.1 cm³/mol.